The Balaban J connectivity index is 1.55. The van der Waals surface area contributed by atoms with E-state index in [-0.39, 0.29) is 11.3 Å². The van der Waals surface area contributed by atoms with E-state index < -0.39 is 0 Å². The molecule has 2 atom stereocenters. The van der Waals surface area contributed by atoms with Crippen LogP contribution in [0.5, 0.6) is 0 Å². The van der Waals surface area contributed by atoms with Crippen LogP contribution in [-0.4, -0.2) is 55.8 Å². The number of hydrogen-bond acceptors (Lipinski definition) is 4. The number of benzene rings is 2. The highest BCUT2D eigenvalue weighted by Crippen LogP contribution is 2.42. The molecule has 2 aliphatic heterocycles. The number of fused-ring (bicyclic) bond motifs is 2. The Morgan fingerprint density at radius 1 is 1.21 bits per heavy atom. The van der Waals surface area contributed by atoms with E-state index in [4.69, 9.17) is 14.5 Å². The Bertz CT molecular complexity index is 1050. The summed E-state index contributed by atoms with van der Waals surface area (Å²) in [6.45, 7) is 3.34. The topological polar surface area (TPSA) is 51.7 Å². The maximum atomic E-state index is 13.6. The van der Waals surface area contributed by atoms with E-state index in [1.165, 1.54) is 0 Å². The third kappa shape index (κ3) is 3.11. The maximum absolute atomic E-state index is 13.6. The molecular formula is C24H24N2O3. The Morgan fingerprint density at radius 2 is 2.00 bits per heavy atom. The number of amides is 1. The average molecular weight is 388 g/mol. The number of aromatic nitrogens is 1. The van der Waals surface area contributed by atoms with Crippen LogP contribution in [0.3, 0.4) is 0 Å². The molecule has 3 heterocycles. The molecule has 1 aromatic heterocycles. The molecule has 148 valence electrons. The summed E-state index contributed by atoms with van der Waals surface area (Å²) in [4.78, 5) is 20.4. The summed E-state index contributed by atoms with van der Waals surface area (Å²) < 4.78 is 11.2. The summed E-state index contributed by atoms with van der Waals surface area (Å²) in [7, 11) is 1.72. The highest BCUT2D eigenvalue weighted by atomic mass is 16.5. The van der Waals surface area contributed by atoms with Gasteiger partial charge in [0.15, 0.2) is 0 Å². The lowest BCUT2D eigenvalue weighted by Gasteiger charge is -2.26. The lowest BCUT2D eigenvalue weighted by atomic mass is 9.82. The number of rotatable bonds is 4. The van der Waals surface area contributed by atoms with E-state index >= 15 is 0 Å². The van der Waals surface area contributed by atoms with Gasteiger partial charge in [0.25, 0.3) is 5.91 Å². The molecule has 2 saturated heterocycles. The third-order valence-electron chi connectivity index (χ3n) is 6.26. The van der Waals surface area contributed by atoms with Gasteiger partial charge in [-0.15, -0.1) is 0 Å². The molecule has 3 aromatic rings. The SMILES string of the molecule is COC[C@@]12COC[C@@H]1CN(C(=O)c1cc(-c3ccccc3)nc3ccccc13)C2. The lowest BCUT2D eigenvalue weighted by molar-refractivity contribution is 0.0489. The highest BCUT2D eigenvalue weighted by Gasteiger charge is 2.52. The van der Waals surface area contributed by atoms with Gasteiger partial charge in [-0.3, -0.25) is 4.79 Å². The largest absolute Gasteiger partial charge is 0.384 e. The van der Waals surface area contributed by atoms with Crippen LogP contribution in [0, 0.1) is 11.3 Å². The summed E-state index contributed by atoms with van der Waals surface area (Å²) in [6.07, 6.45) is 0. The number of carbonyl (C=O) groups excluding carboxylic acids is 1. The van der Waals surface area contributed by atoms with Gasteiger partial charge >= 0.3 is 0 Å². The number of ether oxygens (including phenoxy) is 2. The molecule has 2 aliphatic rings. The molecule has 5 rings (SSSR count). The number of carbonyl (C=O) groups is 1. The minimum atomic E-state index is -0.0878. The lowest BCUT2D eigenvalue weighted by Crippen LogP contribution is -2.37. The number of para-hydroxylation sites is 1. The van der Waals surface area contributed by atoms with Crippen molar-refractivity contribution in [2.45, 2.75) is 0 Å². The van der Waals surface area contributed by atoms with Crippen LogP contribution >= 0.6 is 0 Å². The van der Waals surface area contributed by atoms with Crippen LogP contribution in [0.15, 0.2) is 60.7 Å². The standard InChI is InChI=1S/C24H24N2O3/c1-28-15-24-14-26(12-18(24)13-29-16-24)23(27)20-11-22(17-7-3-2-4-8-17)25-21-10-6-5-9-19(20)21/h2-11,18H,12-16H2,1H3/t18-,24-/m0/s1. The normalized spacial score (nSPS) is 23.5. The van der Waals surface area contributed by atoms with Gasteiger partial charge < -0.3 is 14.4 Å². The second-order valence-corrected chi connectivity index (χ2v) is 8.13. The zero-order valence-corrected chi connectivity index (χ0v) is 16.5. The smallest absolute Gasteiger partial charge is 0.254 e. The Labute approximate surface area is 170 Å². The van der Waals surface area contributed by atoms with E-state index in [0.29, 0.717) is 44.4 Å². The fraction of sp³-hybridized carbons (Fsp3) is 0.333. The second kappa shape index (κ2) is 7.25. The van der Waals surface area contributed by atoms with Gasteiger partial charge in [-0.25, -0.2) is 4.98 Å². The maximum Gasteiger partial charge on any atom is 0.254 e. The molecule has 2 aromatic carbocycles. The van der Waals surface area contributed by atoms with Gasteiger partial charge in [-0.2, -0.15) is 0 Å². The number of nitrogens with zero attached hydrogens (tertiary/aromatic N) is 2. The van der Waals surface area contributed by atoms with Crippen LogP contribution in [-0.2, 0) is 9.47 Å². The second-order valence-electron chi connectivity index (χ2n) is 8.13. The fourth-order valence-corrected chi connectivity index (χ4v) is 4.76. The average Bonchev–Trinajstić information content (AvgIpc) is 3.30. The molecule has 5 nitrogen and oxygen atoms in total. The molecule has 1 amide bonds. The molecule has 29 heavy (non-hydrogen) atoms. The van der Waals surface area contributed by atoms with Crippen molar-refractivity contribution in [3.05, 3.63) is 66.2 Å². The van der Waals surface area contributed by atoms with E-state index in [0.717, 1.165) is 22.2 Å². The van der Waals surface area contributed by atoms with Crippen molar-refractivity contribution in [3.8, 4) is 11.3 Å². The molecular weight excluding hydrogens is 364 g/mol. The van der Waals surface area contributed by atoms with Crippen LogP contribution in [0.25, 0.3) is 22.2 Å². The van der Waals surface area contributed by atoms with Crippen molar-refractivity contribution in [2.75, 3.05) is 40.0 Å². The van der Waals surface area contributed by atoms with Crippen molar-refractivity contribution >= 4 is 16.8 Å². The Kier molecular flexibility index (Phi) is 4.57. The predicted molar refractivity (Wildman–Crippen MR) is 112 cm³/mol. The van der Waals surface area contributed by atoms with Crippen molar-refractivity contribution in [3.63, 3.8) is 0 Å². The van der Waals surface area contributed by atoms with Gasteiger partial charge in [-0.05, 0) is 12.1 Å². The van der Waals surface area contributed by atoms with Gasteiger partial charge in [0.05, 0.1) is 36.6 Å². The summed E-state index contributed by atoms with van der Waals surface area (Å²) in [5.74, 6) is 0.388. The summed E-state index contributed by atoms with van der Waals surface area (Å²) >= 11 is 0. The van der Waals surface area contributed by atoms with Gasteiger partial charge in [-0.1, -0.05) is 48.5 Å². The van der Waals surface area contributed by atoms with E-state index in [1.807, 2.05) is 65.6 Å². The van der Waals surface area contributed by atoms with Gasteiger partial charge in [0.1, 0.15) is 0 Å². The minimum absolute atomic E-state index is 0.0608. The first-order valence-electron chi connectivity index (χ1n) is 10.0. The van der Waals surface area contributed by atoms with E-state index in [1.54, 1.807) is 7.11 Å². The van der Waals surface area contributed by atoms with Crippen LogP contribution < -0.4 is 0 Å². The molecule has 0 unspecified atom stereocenters. The summed E-state index contributed by atoms with van der Waals surface area (Å²) in [5, 5.41) is 0.895. The molecule has 0 aliphatic carbocycles. The Hall–Kier alpha value is -2.76. The summed E-state index contributed by atoms with van der Waals surface area (Å²) in [6, 6.07) is 19.8. The number of pyridine rings is 1. The number of likely N-dealkylation sites (tertiary alicyclic amines) is 1. The van der Waals surface area contributed by atoms with Gasteiger partial charge in [0.2, 0.25) is 0 Å². The highest BCUT2D eigenvalue weighted by molar-refractivity contribution is 6.07. The van der Waals surface area contributed by atoms with Crippen molar-refractivity contribution in [2.24, 2.45) is 11.3 Å². The molecule has 0 bridgehead atoms. The summed E-state index contributed by atoms with van der Waals surface area (Å²) in [5.41, 5.74) is 3.29. The van der Waals surface area contributed by atoms with Crippen molar-refractivity contribution in [1.29, 1.82) is 0 Å². The first kappa shape index (κ1) is 18.3. The number of hydrogen-bond donors (Lipinski definition) is 0. The molecule has 2 fully saturated rings. The van der Waals surface area contributed by atoms with E-state index in [2.05, 4.69) is 0 Å². The zero-order chi connectivity index (χ0) is 19.8. The van der Waals surface area contributed by atoms with Crippen molar-refractivity contribution in [1.82, 2.24) is 9.88 Å². The Morgan fingerprint density at radius 3 is 2.83 bits per heavy atom. The molecule has 0 N–H and O–H groups in total. The van der Waals surface area contributed by atoms with Crippen LogP contribution in [0.4, 0.5) is 0 Å². The first-order chi connectivity index (χ1) is 14.2. The van der Waals surface area contributed by atoms with Crippen molar-refractivity contribution < 1.29 is 14.3 Å². The third-order valence-corrected chi connectivity index (χ3v) is 6.26. The van der Waals surface area contributed by atoms with E-state index in [9.17, 15) is 4.79 Å². The predicted octanol–water partition coefficient (Wildman–Crippen LogP) is 3.64. The number of methoxy groups -OCH3 is 1. The molecule has 5 heteroatoms. The van der Waals surface area contributed by atoms with Gasteiger partial charge in [0, 0.05) is 42.5 Å². The quantitative estimate of drug-likeness (QED) is 0.685. The van der Waals surface area contributed by atoms with Crippen LogP contribution in [0.1, 0.15) is 10.4 Å². The monoisotopic (exact) mass is 388 g/mol. The first-order valence-corrected chi connectivity index (χ1v) is 10.0. The zero-order valence-electron chi connectivity index (χ0n) is 16.5. The fourth-order valence-electron chi connectivity index (χ4n) is 4.76. The minimum Gasteiger partial charge on any atom is -0.384 e. The molecule has 0 saturated carbocycles. The van der Waals surface area contributed by atoms with Crippen LogP contribution in [0.2, 0.25) is 0 Å². The molecule has 0 radical (unpaired) electrons. The molecule has 0 spiro atoms.